The second kappa shape index (κ2) is 7.29. The van der Waals surface area contributed by atoms with Gasteiger partial charge in [-0.1, -0.05) is 11.6 Å². The molecular formula is C18H18ClNO3. The second-order valence-corrected chi connectivity index (χ2v) is 5.80. The molecule has 120 valence electrons. The molecule has 2 aromatic rings. The first-order valence-electron chi connectivity index (χ1n) is 7.16. The summed E-state index contributed by atoms with van der Waals surface area (Å²) in [6.07, 6.45) is -0.864. The SMILES string of the molecule is C[C@H](OC(=O)c1ccc(N(C)C)cc1)C(=O)c1ccc(Cl)cc1. The maximum absolute atomic E-state index is 12.2. The zero-order chi connectivity index (χ0) is 17.0. The molecule has 0 saturated heterocycles. The highest BCUT2D eigenvalue weighted by Gasteiger charge is 2.20. The molecule has 0 unspecified atom stereocenters. The Morgan fingerprint density at radius 3 is 2.00 bits per heavy atom. The summed E-state index contributed by atoms with van der Waals surface area (Å²) >= 11 is 5.80. The third-order valence-electron chi connectivity index (χ3n) is 3.40. The van der Waals surface area contributed by atoms with Crippen LogP contribution in [-0.2, 0) is 4.74 Å². The van der Waals surface area contributed by atoms with Gasteiger partial charge in [-0.05, 0) is 55.5 Å². The molecule has 2 aromatic carbocycles. The molecule has 0 amide bonds. The van der Waals surface area contributed by atoms with Gasteiger partial charge in [0.05, 0.1) is 5.56 Å². The minimum absolute atomic E-state index is 0.264. The van der Waals surface area contributed by atoms with Crippen molar-refractivity contribution < 1.29 is 14.3 Å². The summed E-state index contributed by atoms with van der Waals surface area (Å²) in [5.41, 5.74) is 1.84. The van der Waals surface area contributed by atoms with Crippen LogP contribution in [0.1, 0.15) is 27.6 Å². The minimum Gasteiger partial charge on any atom is -0.451 e. The number of hydrogen-bond acceptors (Lipinski definition) is 4. The van der Waals surface area contributed by atoms with E-state index in [0.29, 0.717) is 16.1 Å². The number of esters is 1. The Kier molecular flexibility index (Phi) is 5.40. The number of hydrogen-bond donors (Lipinski definition) is 0. The van der Waals surface area contributed by atoms with Crippen molar-refractivity contribution in [1.29, 1.82) is 0 Å². The lowest BCUT2D eigenvalue weighted by atomic mass is 10.1. The van der Waals surface area contributed by atoms with E-state index >= 15 is 0 Å². The molecule has 0 bridgehead atoms. The van der Waals surface area contributed by atoms with E-state index < -0.39 is 12.1 Å². The van der Waals surface area contributed by atoms with Gasteiger partial charge in [0.15, 0.2) is 6.10 Å². The maximum atomic E-state index is 12.2. The van der Waals surface area contributed by atoms with Gasteiger partial charge in [0.1, 0.15) is 0 Å². The predicted molar refractivity (Wildman–Crippen MR) is 91.4 cm³/mol. The molecule has 0 saturated carbocycles. The van der Waals surface area contributed by atoms with Crippen molar-refractivity contribution in [1.82, 2.24) is 0 Å². The van der Waals surface area contributed by atoms with Crippen molar-refractivity contribution in [2.24, 2.45) is 0 Å². The van der Waals surface area contributed by atoms with Crippen LogP contribution in [-0.4, -0.2) is 32.0 Å². The van der Waals surface area contributed by atoms with Crippen LogP contribution in [0.25, 0.3) is 0 Å². The average Bonchev–Trinajstić information content (AvgIpc) is 2.54. The number of benzene rings is 2. The Labute approximate surface area is 140 Å². The monoisotopic (exact) mass is 331 g/mol. The zero-order valence-corrected chi connectivity index (χ0v) is 14.0. The van der Waals surface area contributed by atoms with Crippen LogP contribution in [0.2, 0.25) is 5.02 Å². The van der Waals surface area contributed by atoms with Crippen molar-refractivity contribution in [3.05, 3.63) is 64.7 Å². The summed E-state index contributed by atoms with van der Waals surface area (Å²) in [6, 6.07) is 13.5. The topological polar surface area (TPSA) is 46.6 Å². The first-order chi connectivity index (χ1) is 10.9. The Balaban J connectivity index is 2.04. The van der Waals surface area contributed by atoms with Gasteiger partial charge in [-0.25, -0.2) is 4.79 Å². The van der Waals surface area contributed by atoms with Gasteiger partial charge in [-0.3, -0.25) is 4.79 Å². The smallest absolute Gasteiger partial charge is 0.338 e. The quantitative estimate of drug-likeness (QED) is 0.617. The second-order valence-electron chi connectivity index (χ2n) is 5.36. The van der Waals surface area contributed by atoms with Gasteiger partial charge in [-0.2, -0.15) is 0 Å². The van der Waals surface area contributed by atoms with Crippen LogP contribution in [0.4, 0.5) is 5.69 Å². The normalized spacial score (nSPS) is 11.7. The molecule has 0 aliphatic heterocycles. The van der Waals surface area contributed by atoms with Gasteiger partial charge in [-0.15, -0.1) is 0 Å². The molecule has 0 heterocycles. The fraction of sp³-hybridized carbons (Fsp3) is 0.222. The van der Waals surface area contributed by atoms with E-state index in [1.807, 2.05) is 31.1 Å². The highest BCUT2D eigenvalue weighted by Crippen LogP contribution is 2.15. The summed E-state index contributed by atoms with van der Waals surface area (Å²) in [7, 11) is 3.83. The molecule has 0 fully saturated rings. The Morgan fingerprint density at radius 1 is 0.957 bits per heavy atom. The summed E-state index contributed by atoms with van der Waals surface area (Å²) in [6.45, 7) is 1.56. The fourth-order valence-electron chi connectivity index (χ4n) is 2.03. The first-order valence-corrected chi connectivity index (χ1v) is 7.54. The van der Waals surface area contributed by atoms with Gasteiger partial charge in [0, 0.05) is 30.4 Å². The third-order valence-corrected chi connectivity index (χ3v) is 3.65. The summed E-state index contributed by atoms with van der Waals surface area (Å²) < 4.78 is 5.25. The van der Waals surface area contributed by atoms with Crippen LogP contribution in [0.3, 0.4) is 0 Å². The van der Waals surface area contributed by atoms with E-state index in [-0.39, 0.29) is 5.78 Å². The van der Waals surface area contributed by atoms with Crippen LogP contribution in [0, 0.1) is 0 Å². The lowest BCUT2D eigenvalue weighted by Gasteiger charge is -2.14. The standard InChI is InChI=1S/C18H18ClNO3/c1-12(17(21)13-4-8-15(19)9-5-13)23-18(22)14-6-10-16(11-7-14)20(2)3/h4-12H,1-3H3/t12-/m0/s1. The fourth-order valence-corrected chi connectivity index (χ4v) is 2.15. The molecule has 0 aliphatic rings. The number of halogens is 1. The molecule has 1 atom stereocenters. The van der Waals surface area contributed by atoms with Crippen LogP contribution in [0.5, 0.6) is 0 Å². The van der Waals surface area contributed by atoms with E-state index in [1.165, 1.54) is 0 Å². The van der Waals surface area contributed by atoms with Gasteiger partial charge >= 0.3 is 5.97 Å². The van der Waals surface area contributed by atoms with Gasteiger partial charge < -0.3 is 9.64 Å². The molecule has 0 radical (unpaired) electrons. The Morgan fingerprint density at radius 2 is 1.48 bits per heavy atom. The number of Topliss-reactive ketones (excluding diaryl/α,β-unsaturated/α-hetero) is 1. The van der Waals surface area contributed by atoms with Gasteiger partial charge in [0.25, 0.3) is 0 Å². The van der Waals surface area contributed by atoms with Crippen LogP contribution in [0.15, 0.2) is 48.5 Å². The number of ether oxygens (including phenoxy) is 1. The van der Waals surface area contributed by atoms with Crippen LogP contribution >= 0.6 is 11.6 Å². The summed E-state index contributed by atoms with van der Waals surface area (Å²) in [4.78, 5) is 26.3. The number of nitrogens with zero attached hydrogens (tertiary/aromatic N) is 1. The largest absolute Gasteiger partial charge is 0.451 e. The molecule has 0 spiro atoms. The number of ketones is 1. The average molecular weight is 332 g/mol. The Bertz CT molecular complexity index is 693. The van der Waals surface area contributed by atoms with E-state index in [0.717, 1.165) is 5.69 Å². The van der Waals surface area contributed by atoms with Crippen molar-refractivity contribution >= 4 is 29.0 Å². The summed E-state index contributed by atoms with van der Waals surface area (Å²) in [5, 5.41) is 0.548. The van der Waals surface area contributed by atoms with Crippen molar-refractivity contribution in [2.75, 3.05) is 19.0 Å². The molecule has 0 aliphatic carbocycles. The third kappa shape index (κ3) is 4.33. The molecule has 4 nitrogen and oxygen atoms in total. The van der Waals surface area contributed by atoms with Gasteiger partial charge in [0.2, 0.25) is 5.78 Å². The molecule has 0 aromatic heterocycles. The highest BCUT2D eigenvalue weighted by atomic mass is 35.5. The number of carbonyl (C=O) groups is 2. The number of rotatable bonds is 5. The first kappa shape index (κ1) is 17.0. The number of carbonyl (C=O) groups excluding carboxylic acids is 2. The van der Waals surface area contributed by atoms with E-state index in [1.54, 1.807) is 43.3 Å². The van der Waals surface area contributed by atoms with E-state index in [9.17, 15) is 9.59 Å². The molecule has 2 rings (SSSR count). The zero-order valence-electron chi connectivity index (χ0n) is 13.2. The van der Waals surface area contributed by atoms with Crippen molar-refractivity contribution in [3.63, 3.8) is 0 Å². The minimum atomic E-state index is -0.864. The summed E-state index contributed by atoms with van der Waals surface area (Å²) in [5.74, 6) is -0.787. The van der Waals surface area contributed by atoms with Crippen LogP contribution < -0.4 is 4.90 Å². The Hall–Kier alpha value is -2.33. The number of anilines is 1. The molecular weight excluding hydrogens is 314 g/mol. The molecule has 0 N–H and O–H groups in total. The van der Waals surface area contributed by atoms with E-state index in [4.69, 9.17) is 16.3 Å². The molecule has 23 heavy (non-hydrogen) atoms. The molecule has 5 heteroatoms. The maximum Gasteiger partial charge on any atom is 0.338 e. The van der Waals surface area contributed by atoms with E-state index in [2.05, 4.69) is 0 Å². The highest BCUT2D eigenvalue weighted by molar-refractivity contribution is 6.30. The van der Waals surface area contributed by atoms with Crippen molar-refractivity contribution in [2.45, 2.75) is 13.0 Å². The van der Waals surface area contributed by atoms with Crippen molar-refractivity contribution in [3.8, 4) is 0 Å². The lowest BCUT2D eigenvalue weighted by Crippen LogP contribution is -2.24. The predicted octanol–water partition coefficient (Wildman–Crippen LogP) is 3.83. The lowest BCUT2D eigenvalue weighted by molar-refractivity contribution is 0.0319.